The number of amides is 1. The molecule has 0 saturated heterocycles. The number of carbonyl (C=O) groups excluding carboxylic acids is 1. The van der Waals surface area contributed by atoms with Crippen LogP contribution in [0.15, 0.2) is 67.4 Å². The Morgan fingerprint density at radius 3 is 2.59 bits per heavy atom. The molecular formula is C28H28F2N4O3. The molecule has 0 aliphatic carbocycles. The van der Waals surface area contributed by atoms with E-state index in [0.717, 1.165) is 23.3 Å². The second kappa shape index (κ2) is 11.2. The van der Waals surface area contributed by atoms with E-state index >= 15 is 0 Å². The van der Waals surface area contributed by atoms with Gasteiger partial charge in [0.2, 0.25) is 0 Å². The maximum Gasteiger partial charge on any atom is 0.254 e. The molecule has 0 spiro atoms. The van der Waals surface area contributed by atoms with Crippen molar-refractivity contribution >= 4 is 22.5 Å². The molecule has 4 aromatic rings. The van der Waals surface area contributed by atoms with Crippen molar-refractivity contribution in [3.8, 4) is 5.75 Å². The summed E-state index contributed by atoms with van der Waals surface area (Å²) in [6.07, 6.45) is 1.66. The van der Waals surface area contributed by atoms with E-state index in [1.807, 2.05) is 48.7 Å². The minimum absolute atomic E-state index is 0.00111. The number of hydroxylamine groups is 1. The Hall–Kier alpha value is -4.24. The summed E-state index contributed by atoms with van der Waals surface area (Å²) >= 11 is 0. The van der Waals surface area contributed by atoms with Gasteiger partial charge >= 0.3 is 0 Å². The van der Waals surface area contributed by atoms with Crippen molar-refractivity contribution in [1.29, 1.82) is 0 Å². The lowest BCUT2D eigenvalue weighted by atomic mass is 10.1. The highest BCUT2D eigenvalue weighted by molar-refractivity contribution is 6.11. The molecule has 2 N–H and O–H groups in total. The van der Waals surface area contributed by atoms with E-state index in [-0.39, 0.29) is 12.6 Å². The second-order valence-corrected chi connectivity index (χ2v) is 8.69. The van der Waals surface area contributed by atoms with Gasteiger partial charge in [-0.05, 0) is 55.8 Å². The lowest BCUT2D eigenvalue weighted by molar-refractivity contribution is 0.0951. The number of pyridine rings is 1. The highest BCUT2D eigenvalue weighted by Crippen LogP contribution is 2.33. The smallest absolute Gasteiger partial charge is 0.254 e. The van der Waals surface area contributed by atoms with Crippen molar-refractivity contribution in [2.45, 2.75) is 33.0 Å². The molecule has 192 valence electrons. The molecule has 4 rings (SSSR count). The monoisotopic (exact) mass is 506 g/mol. The molecule has 2 aromatic carbocycles. The molecular weight excluding hydrogens is 478 g/mol. The van der Waals surface area contributed by atoms with Gasteiger partial charge in [-0.15, -0.1) is 0 Å². The van der Waals surface area contributed by atoms with Crippen LogP contribution >= 0.6 is 0 Å². The zero-order valence-electron chi connectivity index (χ0n) is 20.8. The van der Waals surface area contributed by atoms with Crippen molar-refractivity contribution < 1.29 is 23.1 Å². The Kier molecular flexibility index (Phi) is 7.83. The van der Waals surface area contributed by atoms with E-state index in [1.165, 1.54) is 13.2 Å². The van der Waals surface area contributed by atoms with Gasteiger partial charge in [0.05, 0.1) is 47.9 Å². The standard InChI is InChI=1S/C28H28F2N4O3/c1-17(2)37-21-9-10-22-25(14-21)34(16-20-7-5-6-12-31-20)27(18(3)33-36-4)26(22)28(35)32-15-19-8-11-23(29)24(30)13-19/h5-14,17,33H,3,15-16H2,1-2,4H3,(H,32,35). The summed E-state index contributed by atoms with van der Waals surface area (Å²) in [5, 5.41) is 3.47. The largest absolute Gasteiger partial charge is 0.491 e. The highest BCUT2D eigenvalue weighted by atomic mass is 19.2. The molecule has 0 saturated carbocycles. The number of aromatic nitrogens is 2. The zero-order valence-corrected chi connectivity index (χ0v) is 20.8. The van der Waals surface area contributed by atoms with E-state index in [2.05, 4.69) is 22.4 Å². The van der Waals surface area contributed by atoms with Gasteiger partial charge in [0.1, 0.15) is 5.75 Å². The lowest BCUT2D eigenvalue weighted by Crippen LogP contribution is -2.25. The van der Waals surface area contributed by atoms with Crippen molar-refractivity contribution in [3.05, 3.63) is 102 Å². The Balaban J connectivity index is 1.83. The van der Waals surface area contributed by atoms with E-state index in [1.54, 1.807) is 12.3 Å². The number of ether oxygens (including phenoxy) is 1. The molecule has 0 aliphatic rings. The van der Waals surface area contributed by atoms with E-state index in [9.17, 15) is 13.6 Å². The molecule has 0 bridgehead atoms. The van der Waals surface area contributed by atoms with Gasteiger partial charge in [-0.2, -0.15) is 0 Å². The van der Waals surface area contributed by atoms with Gasteiger partial charge in [0.15, 0.2) is 11.6 Å². The number of carbonyl (C=O) groups is 1. The summed E-state index contributed by atoms with van der Waals surface area (Å²) in [4.78, 5) is 23.1. The first kappa shape index (κ1) is 25.8. The normalized spacial score (nSPS) is 11.1. The number of benzene rings is 2. The van der Waals surface area contributed by atoms with Gasteiger partial charge < -0.3 is 14.6 Å². The van der Waals surface area contributed by atoms with Gasteiger partial charge in [0, 0.05) is 24.2 Å². The fourth-order valence-corrected chi connectivity index (χ4v) is 4.13. The zero-order chi connectivity index (χ0) is 26.5. The molecule has 7 nitrogen and oxygen atoms in total. The van der Waals surface area contributed by atoms with Crippen LogP contribution in [0.1, 0.15) is 41.2 Å². The topological polar surface area (TPSA) is 77.4 Å². The molecule has 0 aliphatic heterocycles. The predicted octanol–water partition coefficient (Wildman–Crippen LogP) is 5.20. The van der Waals surface area contributed by atoms with Gasteiger partial charge in [0.25, 0.3) is 5.91 Å². The first-order valence-corrected chi connectivity index (χ1v) is 11.7. The summed E-state index contributed by atoms with van der Waals surface area (Å²) < 4.78 is 34.9. The number of hydrogen-bond donors (Lipinski definition) is 2. The van der Waals surface area contributed by atoms with Gasteiger partial charge in [-0.25, -0.2) is 8.78 Å². The number of hydrogen-bond acceptors (Lipinski definition) is 5. The van der Waals surface area contributed by atoms with Crippen molar-refractivity contribution in [3.63, 3.8) is 0 Å². The molecule has 2 aromatic heterocycles. The van der Waals surface area contributed by atoms with Crippen LogP contribution in [0.5, 0.6) is 5.75 Å². The quantitative estimate of drug-likeness (QED) is 0.289. The van der Waals surface area contributed by atoms with E-state index < -0.39 is 17.5 Å². The minimum atomic E-state index is -0.977. The Morgan fingerprint density at radius 1 is 1.11 bits per heavy atom. The Morgan fingerprint density at radius 2 is 1.92 bits per heavy atom. The second-order valence-electron chi connectivity index (χ2n) is 8.69. The molecule has 0 fully saturated rings. The van der Waals surface area contributed by atoms with Gasteiger partial charge in [-0.3, -0.25) is 20.1 Å². The summed E-state index contributed by atoms with van der Waals surface area (Å²) in [7, 11) is 1.45. The third-order valence-electron chi connectivity index (χ3n) is 5.63. The summed E-state index contributed by atoms with van der Waals surface area (Å²) in [5.41, 5.74) is 5.87. The molecule has 0 radical (unpaired) electrons. The van der Waals surface area contributed by atoms with Crippen LogP contribution < -0.4 is 15.5 Å². The summed E-state index contributed by atoms with van der Waals surface area (Å²) in [6, 6.07) is 14.6. The summed E-state index contributed by atoms with van der Waals surface area (Å²) in [6.45, 7) is 8.30. The van der Waals surface area contributed by atoms with Crippen LogP contribution in [0.3, 0.4) is 0 Å². The van der Waals surface area contributed by atoms with E-state index in [4.69, 9.17) is 9.57 Å². The predicted molar refractivity (Wildman–Crippen MR) is 138 cm³/mol. The molecule has 1 amide bonds. The fraction of sp³-hybridized carbons (Fsp3) is 0.214. The number of nitrogens with one attached hydrogen (secondary N) is 2. The first-order valence-electron chi connectivity index (χ1n) is 11.7. The average molecular weight is 507 g/mol. The van der Waals surface area contributed by atoms with Crippen molar-refractivity contribution in [1.82, 2.24) is 20.3 Å². The number of nitrogens with zero attached hydrogens (tertiary/aromatic N) is 2. The third kappa shape index (κ3) is 5.78. The molecule has 0 atom stereocenters. The van der Waals surface area contributed by atoms with Crippen molar-refractivity contribution in [2.75, 3.05) is 7.11 Å². The molecule has 37 heavy (non-hydrogen) atoms. The van der Waals surface area contributed by atoms with Crippen LogP contribution in [-0.2, 0) is 17.9 Å². The van der Waals surface area contributed by atoms with Crippen LogP contribution in [-0.4, -0.2) is 28.7 Å². The summed E-state index contributed by atoms with van der Waals surface area (Å²) in [5.74, 6) is -1.69. The number of rotatable bonds is 10. The molecule has 2 heterocycles. The van der Waals surface area contributed by atoms with Gasteiger partial charge in [-0.1, -0.05) is 18.7 Å². The number of fused-ring (bicyclic) bond motifs is 1. The molecule has 9 heteroatoms. The average Bonchev–Trinajstić information content (AvgIpc) is 3.18. The SMILES string of the molecule is C=C(NOC)c1c(C(=O)NCc2ccc(F)c(F)c2)c2ccc(OC(C)C)cc2n1Cc1ccccn1. The maximum absolute atomic E-state index is 13.7. The first-order chi connectivity index (χ1) is 17.8. The third-order valence-corrected chi connectivity index (χ3v) is 5.63. The van der Waals surface area contributed by atoms with Crippen LogP contribution in [0.2, 0.25) is 0 Å². The van der Waals surface area contributed by atoms with E-state index in [0.29, 0.717) is 40.2 Å². The molecule has 0 unspecified atom stereocenters. The fourth-order valence-electron chi connectivity index (χ4n) is 4.13. The number of halogens is 2. The highest BCUT2D eigenvalue weighted by Gasteiger charge is 2.25. The minimum Gasteiger partial charge on any atom is -0.491 e. The van der Waals surface area contributed by atoms with Crippen molar-refractivity contribution in [2.24, 2.45) is 0 Å². The van der Waals surface area contributed by atoms with Crippen LogP contribution in [0, 0.1) is 11.6 Å². The lowest BCUT2D eigenvalue weighted by Gasteiger charge is -2.15. The Labute approximate surface area is 213 Å². The van der Waals surface area contributed by atoms with Crippen LogP contribution in [0.25, 0.3) is 16.6 Å². The maximum atomic E-state index is 13.7. The van der Waals surface area contributed by atoms with Crippen LogP contribution in [0.4, 0.5) is 8.78 Å². The Bertz CT molecular complexity index is 1430.